The van der Waals surface area contributed by atoms with Crippen molar-refractivity contribution in [2.24, 2.45) is 13.0 Å². The second kappa shape index (κ2) is 5.92. The van der Waals surface area contributed by atoms with Crippen LogP contribution in [-0.4, -0.2) is 47.8 Å². The molecule has 0 amide bonds. The minimum absolute atomic E-state index is 0.0895. The van der Waals surface area contributed by atoms with Gasteiger partial charge in [0, 0.05) is 44.4 Å². The van der Waals surface area contributed by atoms with Crippen molar-refractivity contribution in [3.8, 4) is 11.4 Å². The van der Waals surface area contributed by atoms with Crippen LogP contribution in [0, 0.1) is 5.92 Å². The molecule has 2 aliphatic rings. The van der Waals surface area contributed by atoms with Gasteiger partial charge in [0.05, 0.1) is 21.3 Å². The number of benzene rings is 1. The van der Waals surface area contributed by atoms with Gasteiger partial charge in [0.25, 0.3) is 0 Å². The summed E-state index contributed by atoms with van der Waals surface area (Å²) in [6.07, 6.45) is 1.62. The summed E-state index contributed by atoms with van der Waals surface area (Å²) in [4.78, 5) is 11.2. The number of imidazole rings is 1. The van der Waals surface area contributed by atoms with Crippen molar-refractivity contribution in [2.45, 2.75) is 5.25 Å². The summed E-state index contributed by atoms with van der Waals surface area (Å²) in [7, 11) is -1.26. The first kappa shape index (κ1) is 17.0. The van der Waals surface area contributed by atoms with Crippen LogP contribution in [0.15, 0.2) is 36.5 Å². The third kappa shape index (κ3) is 2.62. The van der Waals surface area contributed by atoms with E-state index < -0.39 is 10.0 Å². The highest BCUT2D eigenvalue weighted by molar-refractivity contribution is 7.90. The van der Waals surface area contributed by atoms with Crippen LogP contribution >= 0.6 is 11.6 Å². The molecule has 1 N–H and O–H groups in total. The molecule has 2 aromatic heterocycles. The summed E-state index contributed by atoms with van der Waals surface area (Å²) in [6, 6.07) is 9.82. The normalized spacial score (nSPS) is 23.9. The van der Waals surface area contributed by atoms with E-state index >= 15 is 0 Å². The second-order valence-corrected chi connectivity index (χ2v) is 9.49. The lowest BCUT2D eigenvalue weighted by Crippen LogP contribution is -2.31. The van der Waals surface area contributed by atoms with E-state index in [0.717, 1.165) is 28.2 Å². The molecule has 27 heavy (non-hydrogen) atoms. The topological polar surface area (TPSA) is 80.1 Å². The van der Waals surface area contributed by atoms with Gasteiger partial charge in [-0.25, -0.2) is 23.1 Å². The molecular formula is C18H18ClN5O2S. The van der Waals surface area contributed by atoms with Gasteiger partial charge in [0.15, 0.2) is 0 Å². The number of nitrogens with one attached hydrogen (secondary N) is 1. The van der Waals surface area contributed by atoms with Crippen LogP contribution in [0.3, 0.4) is 0 Å². The molecule has 2 fully saturated rings. The number of rotatable bonds is 2. The van der Waals surface area contributed by atoms with E-state index in [4.69, 9.17) is 16.6 Å². The van der Waals surface area contributed by atoms with Crippen molar-refractivity contribution in [1.29, 1.82) is 0 Å². The predicted octanol–water partition coefficient (Wildman–Crippen LogP) is 2.03. The van der Waals surface area contributed by atoms with Gasteiger partial charge in [-0.05, 0) is 18.2 Å². The Hall–Kier alpha value is -2.16. The van der Waals surface area contributed by atoms with Crippen LogP contribution in [0.2, 0.25) is 5.02 Å². The van der Waals surface area contributed by atoms with E-state index in [0.29, 0.717) is 24.7 Å². The Balaban J connectivity index is 1.55. The molecule has 7 nitrogen and oxygen atoms in total. The van der Waals surface area contributed by atoms with Gasteiger partial charge in [-0.3, -0.25) is 0 Å². The van der Waals surface area contributed by atoms with Crippen LogP contribution in [0.5, 0.6) is 0 Å². The maximum atomic E-state index is 12.1. The number of sulfonamides is 1. The fourth-order valence-corrected chi connectivity index (χ4v) is 5.98. The monoisotopic (exact) mass is 403 g/mol. The summed E-state index contributed by atoms with van der Waals surface area (Å²) in [5.41, 5.74) is 2.71. The number of nitrogens with zero attached hydrogens (tertiary/aromatic N) is 4. The van der Waals surface area contributed by atoms with Crippen molar-refractivity contribution in [3.63, 3.8) is 0 Å². The Morgan fingerprint density at radius 1 is 1.26 bits per heavy atom. The van der Waals surface area contributed by atoms with E-state index in [1.54, 1.807) is 6.20 Å². The Morgan fingerprint density at radius 3 is 2.85 bits per heavy atom. The molecule has 0 aliphatic carbocycles. The molecule has 0 saturated carbocycles. The number of halogens is 1. The SMILES string of the molecule is Cn1c(-c2cc(N3C[C@H]4CNS(=O)(=O)[C@H]4C3)ncc2Cl)nc2ccccc21. The number of para-hydroxylation sites is 2. The molecular weight excluding hydrogens is 386 g/mol. The zero-order valence-corrected chi connectivity index (χ0v) is 16.2. The smallest absolute Gasteiger partial charge is 0.216 e. The first-order valence-corrected chi connectivity index (χ1v) is 10.7. The molecule has 1 aromatic carbocycles. The van der Waals surface area contributed by atoms with Gasteiger partial charge < -0.3 is 9.47 Å². The lowest BCUT2D eigenvalue weighted by molar-refractivity contribution is 0.582. The number of fused-ring (bicyclic) bond motifs is 2. The minimum Gasteiger partial charge on any atom is -0.355 e. The molecule has 0 unspecified atom stereocenters. The highest BCUT2D eigenvalue weighted by Crippen LogP contribution is 2.35. The summed E-state index contributed by atoms with van der Waals surface area (Å²) >= 11 is 6.44. The number of hydrogen-bond acceptors (Lipinski definition) is 5. The van der Waals surface area contributed by atoms with Crippen molar-refractivity contribution in [1.82, 2.24) is 19.3 Å². The third-order valence-corrected chi connectivity index (χ3v) is 7.72. The van der Waals surface area contributed by atoms with Crippen molar-refractivity contribution in [3.05, 3.63) is 41.6 Å². The zero-order chi connectivity index (χ0) is 18.8. The average molecular weight is 404 g/mol. The van der Waals surface area contributed by atoms with Gasteiger partial charge in [-0.1, -0.05) is 23.7 Å². The van der Waals surface area contributed by atoms with E-state index in [-0.39, 0.29) is 11.2 Å². The second-order valence-electron chi connectivity index (χ2n) is 7.10. The number of aromatic nitrogens is 3. The number of pyridine rings is 1. The number of aryl methyl sites for hydroxylation is 1. The molecule has 4 heterocycles. The molecule has 9 heteroatoms. The molecule has 3 aromatic rings. The molecule has 0 radical (unpaired) electrons. The van der Waals surface area contributed by atoms with Crippen LogP contribution in [0.4, 0.5) is 5.82 Å². The third-order valence-electron chi connectivity index (χ3n) is 5.52. The lowest BCUT2D eigenvalue weighted by Gasteiger charge is -2.19. The van der Waals surface area contributed by atoms with Gasteiger partial charge >= 0.3 is 0 Å². The van der Waals surface area contributed by atoms with E-state index in [1.165, 1.54) is 0 Å². The summed E-state index contributed by atoms with van der Waals surface area (Å²) < 4.78 is 28.9. The van der Waals surface area contributed by atoms with Crippen molar-refractivity contribution in [2.75, 3.05) is 24.5 Å². The molecule has 140 valence electrons. The first-order valence-electron chi connectivity index (χ1n) is 8.75. The predicted molar refractivity (Wildman–Crippen MR) is 105 cm³/mol. The average Bonchev–Trinajstić information content (AvgIpc) is 3.30. The standard InChI is InChI=1S/C18H18ClN5O2S/c1-23-15-5-3-2-4-14(15)22-18(23)12-6-17(20-8-13(12)19)24-9-11-7-21-27(25,26)16(11)10-24/h2-6,8,11,16,21H,7,9-10H2,1H3/t11-,16+/m1/s1. The zero-order valence-electron chi connectivity index (χ0n) is 14.6. The minimum atomic E-state index is -3.22. The Kier molecular flexibility index (Phi) is 3.72. The van der Waals surface area contributed by atoms with Gasteiger partial charge in [0.1, 0.15) is 11.6 Å². The molecule has 2 saturated heterocycles. The van der Waals surface area contributed by atoms with Crippen LogP contribution in [0.1, 0.15) is 0 Å². The number of hydrogen-bond donors (Lipinski definition) is 1. The number of anilines is 1. The van der Waals surface area contributed by atoms with Crippen LogP contribution in [0.25, 0.3) is 22.4 Å². The highest BCUT2D eigenvalue weighted by Gasteiger charge is 2.46. The largest absolute Gasteiger partial charge is 0.355 e. The summed E-state index contributed by atoms with van der Waals surface area (Å²) in [6.45, 7) is 1.60. The van der Waals surface area contributed by atoms with Gasteiger partial charge in [-0.2, -0.15) is 0 Å². The van der Waals surface area contributed by atoms with Gasteiger partial charge in [-0.15, -0.1) is 0 Å². The quantitative estimate of drug-likeness (QED) is 0.708. The highest BCUT2D eigenvalue weighted by atomic mass is 35.5. The van der Waals surface area contributed by atoms with E-state index in [2.05, 4.69) is 9.71 Å². The fourth-order valence-electron chi connectivity index (χ4n) is 4.06. The van der Waals surface area contributed by atoms with E-state index in [9.17, 15) is 8.42 Å². The van der Waals surface area contributed by atoms with Crippen LogP contribution in [-0.2, 0) is 17.1 Å². The first-order chi connectivity index (χ1) is 12.9. The molecule has 5 rings (SSSR count). The van der Waals surface area contributed by atoms with Crippen molar-refractivity contribution >= 4 is 38.5 Å². The lowest BCUT2D eigenvalue weighted by atomic mass is 10.1. The fraction of sp³-hybridized carbons (Fsp3) is 0.333. The van der Waals surface area contributed by atoms with Crippen LogP contribution < -0.4 is 9.62 Å². The maximum absolute atomic E-state index is 12.1. The Morgan fingerprint density at radius 2 is 2.07 bits per heavy atom. The van der Waals surface area contributed by atoms with Crippen molar-refractivity contribution < 1.29 is 8.42 Å². The maximum Gasteiger partial charge on any atom is 0.216 e. The van der Waals surface area contributed by atoms with E-state index in [1.807, 2.05) is 46.8 Å². The van der Waals surface area contributed by atoms with Gasteiger partial charge in [0.2, 0.25) is 10.0 Å². The molecule has 0 spiro atoms. The molecule has 0 bridgehead atoms. The summed E-state index contributed by atoms with van der Waals surface area (Å²) in [5, 5.41) is 0.139. The summed E-state index contributed by atoms with van der Waals surface area (Å²) in [5.74, 6) is 1.58. The molecule has 2 aliphatic heterocycles. The molecule has 2 atom stereocenters. The Bertz CT molecular complexity index is 1160. The Labute approximate surface area is 162 Å².